The summed E-state index contributed by atoms with van der Waals surface area (Å²) in [6.07, 6.45) is 2.58. The summed E-state index contributed by atoms with van der Waals surface area (Å²) in [4.78, 5) is 3.63. The summed E-state index contributed by atoms with van der Waals surface area (Å²) in [6.45, 7) is 3.85. The SMILES string of the molecule is CC(C)c1cc(NS(=O)(=O)c2cnccc2Cl)on1. The molecule has 0 aliphatic rings. The molecule has 0 aromatic carbocycles. The van der Waals surface area contributed by atoms with Crippen LogP contribution < -0.4 is 4.72 Å². The van der Waals surface area contributed by atoms with E-state index in [9.17, 15) is 8.42 Å². The molecular weight excluding hydrogens is 290 g/mol. The van der Waals surface area contributed by atoms with Crippen molar-refractivity contribution in [3.05, 3.63) is 35.2 Å². The van der Waals surface area contributed by atoms with E-state index in [0.717, 1.165) is 0 Å². The molecule has 0 saturated carbocycles. The van der Waals surface area contributed by atoms with Gasteiger partial charge in [0.25, 0.3) is 10.0 Å². The number of halogens is 1. The highest BCUT2D eigenvalue weighted by atomic mass is 35.5. The molecule has 0 unspecified atom stereocenters. The van der Waals surface area contributed by atoms with Crippen LogP contribution in [0.4, 0.5) is 5.88 Å². The lowest BCUT2D eigenvalue weighted by atomic mass is 10.1. The van der Waals surface area contributed by atoms with Gasteiger partial charge in [0.2, 0.25) is 5.88 Å². The van der Waals surface area contributed by atoms with Crippen LogP contribution in [0.1, 0.15) is 25.5 Å². The second kappa shape index (κ2) is 5.18. The Labute approximate surface area is 115 Å². The molecule has 0 fully saturated rings. The fourth-order valence-electron chi connectivity index (χ4n) is 1.36. The molecule has 19 heavy (non-hydrogen) atoms. The van der Waals surface area contributed by atoms with Gasteiger partial charge in [-0.05, 0) is 12.0 Å². The highest BCUT2D eigenvalue weighted by molar-refractivity contribution is 7.92. The average molecular weight is 302 g/mol. The van der Waals surface area contributed by atoms with Gasteiger partial charge in [0, 0.05) is 18.5 Å². The lowest BCUT2D eigenvalue weighted by molar-refractivity contribution is 0.423. The van der Waals surface area contributed by atoms with Gasteiger partial charge in [0.05, 0.1) is 10.7 Å². The maximum absolute atomic E-state index is 12.1. The molecule has 0 spiro atoms. The van der Waals surface area contributed by atoms with Crippen molar-refractivity contribution in [1.29, 1.82) is 0 Å². The molecule has 1 N–H and O–H groups in total. The molecule has 2 aromatic heterocycles. The van der Waals surface area contributed by atoms with E-state index in [1.807, 2.05) is 13.8 Å². The molecule has 0 amide bonds. The Balaban J connectivity index is 2.29. The van der Waals surface area contributed by atoms with Crippen molar-refractivity contribution in [2.45, 2.75) is 24.7 Å². The lowest BCUT2D eigenvalue weighted by Gasteiger charge is -2.05. The quantitative estimate of drug-likeness (QED) is 0.938. The highest BCUT2D eigenvalue weighted by Crippen LogP contribution is 2.24. The van der Waals surface area contributed by atoms with E-state index in [1.54, 1.807) is 0 Å². The molecule has 0 radical (unpaired) electrons. The predicted octanol–water partition coefficient (Wildman–Crippen LogP) is 2.65. The van der Waals surface area contributed by atoms with E-state index in [-0.39, 0.29) is 21.7 Å². The second-order valence-electron chi connectivity index (χ2n) is 4.18. The number of nitrogens with one attached hydrogen (secondary N) is 1. The number of sulfonamides is 1. The molecule has 0 bridgehead atoms. The molecule has 6 nitrogen and oxygen atoms in total. The monoisotopic (exact) mass is 301 g/mol. The molecule has 102 valence electrons. The number of rotatable bonds is 4. The normalized spacial score (nSPS) is 11.8. The first-order chi connectivity index (χ1) is 8.90. The molecule has 0 saturated heterocycles. The summed E-state index contributed by atoms with van der Waals surface area (Å²) < 4.78 is 31.3. The van der Waals surface area contributed by atoms with Gasteiger partial charge in [-0.1, -0.05) is 30.6 Å². The first-order valence-electron chi connectivity index (χ1n) is 5.49. The Morgan fingerprint density at radius 3 is 2.74 bits per heavy atom. The minimum absolute atomic E-state index is 0.0450. The first kappa shape index (κ1) is 13.8. The maximum atomic E-state index is 12.1. The van der Waals surface area contributed by atoms with E-state index in [0.29, 0.717) is 5.69 Å². The van der Waals surface area contributed by atoms with Crippen molar-refractivity contribution < 1.29 is 12.9 Å². The zero-order valence-corrected chi connectivity index (χ0v) is 11.9. The lowest BCUT2D eigenvalue weighted by Crippen LogP contribution is -2.13. The molecular formula is C11H12ClN3O3S. The summed E-state index contributed by atoms with van der Waals surface area (Å²) in [7, 11) is -3.83. The third kappa shape index (κ3) is 3.05. The molecule has 8 heteroatoms. The van der Waals surface area contributed by atoms with Gasteiger partial charge < -0.3 is 4.52 Å². The van der Waals surface area contributed by atoms with Gasteiger partial charge in [0.15, 0.2) is 0 Å². The number of hydrogen-bond donors (Lipinski definition) is 1. The summed E-state index contributed by atoms with van der Waals surface area (Å²) in [5.74, 6) is 0.188. The van der Waals surface area contributed by atoms with Gasteiger partial charge in [-0.25, -0.2) is 13.1 Å². The fraction of sp³-hybridized carbons (Fsp3) is 0.273. The molecule has 0 atom stereocenters. The number of nitrogens with zero attached hydrogens (tertiary/aromatic N) is 2. The Morgan fingerprint density at radius 1 is 1.42 bits per heavy atom. The van der Waals surface area contributed by atoms with Gasteiger partial charge >= 0.3 is 0 Å². The van der Waals surface area contributed by atoms with Crippen LogP contribution >= 0.6 is 11.6 Å². The van der Waals surface area contributed by atoms with Crippen molar-refractivity contribution in [1.82, 2.24) is 10.1 Å². The third-order valence-electron chi connectivity index (χ3n) is 2.38. The van der Waals surface area contributed by atoms with Crippen molar-refractivity contribution in [3.63, 3.8) is 0 Å². The van der Waals surface area contributed by atoms with Crippen molar-refractivity contribution in [2.24, 2.45) is 0 Å². The number of anilines is 1. The second-order valence-corrected chi connectivity index (χ2v) is 6.24. The summed E-state index contributed by atoms with van der Waals surface area (Å²) in [6, 6.07) is 2.93. The molecule has 2 aromatic rings. The van der Waals surface area contributed by atoms with E-state index in [2.05, 4.69) is 14.9 Å². The topological polar surface area (TPSA) is 85.1 Å². The van der Waals surface area contributed by atoms with Crippen LogP contribution in [0.5, 0.6) is 0 Å². The maximum Gasteiger partial charge on any atom is 0.267 e. The van der Waals surface area contributed by atoms with Crippen LogP contribution in [0, 0.1) is 0 Å². The van der Waals surface area contributed by atoms with E-state index in [4.69, 9.17) is 16.1 Å². The Morgan fingerprint density at radius 2 is 2.16 bits per heavy atom. The van der Waals surface area contributed by atoms with Gasteiger partial charge in [-0.3, -0.25) is 4.98 Å². The zero-order valence-electron chi connectivity index (χ0n) is 10.3. The standard InChI is InChI=1S/C11H12ClN3O3S/c1-7(2)9-5-11(18-14-9)15-19(16,17)10-6-13-4-3-8(10)12/h3-7,15H,1-2H3. The molecule has 2 heterocycles. The first-order valence-corrected chi connectivity index (χ1v) is 7.35. The highest BCUT2D eigenvalue weighted by Gasteiger charge is 2.20. The van der Waals surface area contributed by atoms with Crippen molar-refractivity contribution in [3.8, 4) is 0 Å². The van der Waals surface area contributed by atoms with E-state index in [1.165, 1.54) is 24.5 Å². The fourth-order valence-corrected chi connectivity index (χ4v) is 2.76. The van der Waals surface area contributed by atoms with Crippen LogP contribution in [0.3, 0.4) is 0 Å². The van der Waals surface area contributed by atoms with Crippen LogP contribution in [-0.4, -0.2) is 18.6 Å². The Bertz CT molecular complexity index is 682. The smallest absolute Gasteiger partial charge is 0.267 e. The summed E-state index contributed by atoms with van der Waals surface area (Å²) in [5.41, 5.74) is 0.662. The largest absolute Gasteiger partial charge is 0.338 e. The Hall–Kier alpha value is -1.60. The Kier molecular flexibility index (Phi) is 3.77. The molecule has 2 rings (SSSR count). The average Bonchev–Trinajstić information content (AvgIpc) is 2.77. The van der Waals surface area contributed by atoms with Crippen LogP contribution in [-0.2, 0) is 10.0 Å². The predicted molar refractivity (Wildman–Crippen MR) is 70.6 cm³/mol. The number of hydrogen-bond acceptors (Lipinski definition) is 5. The van der Waals surface area contributed by atoms with E-state index >= 15 is 0 Å². The van der Waals surface area contributed by atoms with Crippen LogP contribution in [0.2, 0.25) is 5.02 Å². The number of pyridine rings is 1. The minimum Gasteiger partial charge on any atom is -0.338 e. The third-order valence-corrected chi connectivity index (χ3v) is 4.19. The van der Waals surface area contributed by atoms with Crippen LogP contribution in [0.25, 0.3) is 0 Å². The van der Waals surface area contributed by atoms with Gasteiger partial charge in [-0.15, -0.1) is 0 Å². The summed E-state index contributed by atoms with van der Waals surface area (Å²) in [5, 5.41) is 3.85. The van der Waals surface area contributed by atoms with Gasteiger partial charge in [-0.2, -0.15) is 0 Å². The minimum atomic E-state index is -3.83. The van der Waals surface area contributed by atoms with E-state index < -0.39 is 10.0 Å². The van der Waals surface area contributed by atoms with Gasteiger partial charge in [0.1, 0.15) is 4.90 Å². The number of aromatic nitrogens is 2. The molecule has 0 aliphatic heterocycles. The van der Waals surface area contributed by atoms with Crippen molar-refractivity contribution >= 4 is 27.5 Å². The summed E-state index contributed by atoms with van der Waals surface area (Å²) >= 11 is 5.83. The molecule has 0 aliphatic carbocycles. The van der Waals surface area contributed by atoms with Crippen molar-refractivity contribution in [2.75, 3.05) is 4.72 Å². The van der Waals surface area contributed by atoms with Crippen LogP contribution in [0.15, 0.2) is 33.9 Å². The zero-order chi connectivity index (χ0) is 14.0.